The second kappa shape index (κ2) is 8.00. The molecule has 0 radical (unpaired) electrons. The van der Waals surface area contributed by atoms with Crippen molar-refractivity contribution in [1.82, 2.24) is 10.2 Å². The van der Waals surface area contributed by atoms with E-state index in [1.165, 1.54) is 7.11 Å². The van der Waals surface area contributed by atoms with Gasteiger partial charge in [0.15, 0.2) is 9.84 Å². The smallest absolute Gasteiger partial charge is 0.322 e. The van der Waals surface area contributed by atoms with Gasteiger partial charge in [0.25, 0.3) is 5.89 Å². The molecule has 8 nitrogen and oxygen atoms in total. The lowest BCUT2D eigenvalue weighted by molar-refractivity contribution is -0.114. The highest BCUT2D eigenvalue weighted by Crippen LogP contribution is 2.29. The first-order valence-electron chi connectivity index (χ1n) is 7.98. The van der Waals surface area contributed by atoms with Crippen LogP contribution < -0.4 is 10.1 Å². The number of hydrogen-bond acceptors (Lipinski definition) is 7. The molecule has 0 bridgehead atoms. The number of anilines is 1. The molecule has 9 heteroatoms. The second-order valence-electron chi connectivity index (χ2n) is 5.68. The predicted octanol–water partition coefficient (Wildman–Crippen LogP) is 2.30. The summed E-state index contributed by atoms with van der Waals surface area (Å²) in [4.78, 5) is 12.0. The lowest BCUT2D eigenvalue weighted by Crippen LogP contribution is -2.24. The molecule has 1 aromatic heterocycles. The van der Waals surface area contributed by atoms with E-state index >= 15 is 0 Å². The summed E-state index contributed by atoms with van der Waals surface area (Å²) in [5.41, 5.74) is 1.17. The Morgan fingerprint density at radius 2 is 1.78 bits per heavy atom. The van der Waals surface area contributed by atoms with Gasteiger partial charge in [-0.05, 0) is 17.7 Å². The zero-order valence-electron chi connectivity index (χ0n) is 14.5. The molecule has 3 aromatic rings. The van der Waals surface area contributed by atoms with Crippen LogP contribution in [0.4, 0.5) is 6.01 Å². The highest BCUT2D eigenvalue weighted by Gasteiger charge is 2.20. The minimum Gasteiger partial charge on any atom is -0.496 e. The van der Waals surface area contributed by atoms with Crippen LogP contribution in [0.3, 0.4) is 0 Å². The summed E-state index contributed by atoms with van der Waals surface area (Å²) in [5.74, 6) is -0.980. The van der Waals surface area contributed by atoms with E-state index < -0.39 is 21.5 Å². The fraction of sp³-hybridized carbons (Fsp3) is 0.167. The predicted molar refractivity (Wildman–Crippen MR) is 98.8 cm³/mol. The lowest BCUT2D eigenvalue weighted by atomic mass is 10.2. The number of amides is 1. The number of carbonyl (C=O) groups is 1. The lowest BCUT2D eigenvalue weighted by Gasteiger charge is -2.04. The molecule has 3 rings (SSSR count). The van der Waals surface area contributed by atoms with Gasteiger partial charge >= 0.3 is 6.01 Å². The van der Waals surface area contributed by atoms with Crippen LogP contribution in [0.2, 0.25) is 0 Å². The number of benzene rings is 2. The summed E-state index contributed by atoms with van der Waals surface area (Å²) < 4.78 is 34.9. The number of para-hydroxylation sites is 1. The first kappa shape index (κ1) is 18.6. The molecule has 0 saturated heterocycles. The average molecular weight is 387 g/mol. The fourth-order valence-electron chi connectivity index (χ4n) is 2.44. The summed E-state index contributed by atoms with van der Waals surface area (Å²) in [6.45, 7) is 0. The van der Waals surface area contributed by atoms with Crippen LogP contribution in [0.25, 0.3) is 11.5 Å². The van der Waals surface area contributed by atoms with Gasteiger partial charge in [-0.15, -0.1) is 5.10 Å². The normalized spacial score (nSPS) is 11.1. The maximum absolute atomic E-state index is 12.2. The quantitative estimate of drug-likeness (QED) is 0.662. The Balaban J connectivity index is 1.66. The average Bonchev–Trinajstić information content (AvgIpc) is 3.09. The van der Waals surface area contributed by atoms with Crippen molar-refractivity contribution < 1.29 is 22.4 Å². The molecular formula is C18H17N3O5S. The van der Waals surface area contributed by atoms with Gasteiger partial charge in [-0.1, -0.05) is 47.6 Å². The monoisotopic (exact) mass is 387 g/mol. The number of aromatic nitrogens is 2. The third-order valence-corrected chi connectivity index (χ3v) is 5.06. The van der Waals surface area contributed by atoms with Crippen LogP contribution in [-0.4, -0.2) is 37.4 Å². The zero-order chi connectivity index (χ0) is 19.3. The summed E-state index contributed by atoms with van der Waals surface area (Å²) in [5, 5.41) is 9.89. The third kappa shape index (κ3) is 4.91. The maximum Gasteiger partial charge on any atom is 0.322 e. The Bertz CT molecular complexity index is 1030. The number of nitrogens with zero attached hydrogens (tertiary/aromatic N) is 2. The van der Waals surface area contributed by atoms with Crippen molar-refractivity contribution in [3.8, 4) is 17.2 Å². The Labute approximate surface area is 156 Å². The molecule has 1 amide bonds. The molecule has 1 heterocycles. The molecular weight excluding hydrogens is 370 g/mol. The SMILES string of the molecule is COc1ccccc1-c1nnc(NC(=O)CS(=O)(=O)Cc2ccccc2)o1. The van der Waals surface area contributed by atoms with Crippen LogP contribution in [0.1, 0.15) is 5.56 Å². The zero-order valence-corrected chi connectivity index (χ0v) is 15.3. The van der Waals surface area contributed by atoms with Gasteiger partial charge in [0.1, 0.15) is 11.5 Å². The van der Waals surface area contributed by atoms with Crippen LogP contribution in [0.5, 0.6) is 5.75 Å². The number of ether oxygens (including phenoxy) is 1. The summed E-state index contributed by atoms with van der Waals surface area (Å²) in [6.07, 6.45) is 0. The second-order valence-corrected chi connectivity index (χ2v) is 7.74. The molecule has 0 aliphatic rings. The summed E-state index contributed by atoms with van der Waals surface area (Å²) in [6, 6.07) is 15.5. The van der Waals surface area contributed by atoms with Gasteiger partial charge in [0.2, 0.25) is 5.91 Å². The molecule has 0 spiro atoms. The van der Waals surface area contributed by atoms with Crippen molar-refractivity contribution >= 4 is 21.8 Å². The van der Waals surface area contributed by atoms with Gasteiger partial charge in [0.05, 0.1) is 18.4 Å². The number of hydrogen-bond donors (Lipinski definition) is 1. The minimum absolute atomic E-state index is 0.148. The number of rotatable bonds is 7. The van der Waals surface area contributed by atoms with Crippen molar-refractivity contribution in [1.29, 1.82) is 0 Å². The van der Waals surface area contributed by atoms with Crippen LogP contribution in [0.15, 0.2) is 59.0 Å². The van der Waals surface area contributed by atoms with Gasteiger partial charge in [0, 0.05) is 0 Å². The van der Waals surface area contributed by atoms with E-state index in [4.69, 9.17) is 9.15 Å². The Kier molecular flexibility index (Phi) is 5.51. The molecule has 0 aliphatic carbocycles. The molecule has 2 aromatic carbocycles. The van der Waals surface area contributed by atoms with Gasteiger partial charge in [-0.3, -0.25) is 10.1 Å². The fourth-order valence-corrected chi connectivity index (χ4v) is 3.71. The van der Waals surface area contributed by atoms with E-state index in [0.29, 0.717) is 16.9 Å². The number of carbonyl (C=O) groups excluding carboxylic acids is 1. The Morgan fingerprint density at radius 1 is 1.07 bits per heavy atom. The van der Waals surface area contributed by atoms with Crippen molar-refractivity contribution in [2.45, 2.75) is 5.75 Å². The number of nitrogens with one attached hydrogen (secondary N) is 1. The van der Waals surface area contributed by atoms with Crippen molar-refractivity contribution in [2.75, 3.05) is 18.2 Å². The van der Waals surface area contributed by atoms with E-state index in [9.17, 15) is 13.2 Å². The van der Waals surface area contributed by atoms with Gasteiger partial charge in [-0.2, -0.15) is 0 Å². The first-order valence-corrected chi connectivity index (χ1v) is 9.80. The summed E-state index contributed by atoms with van der Waals surface area (Å²) in [7, 11) is -2.12. The van der Waals surface area contributed by atoms with E-state index in [-0.39, 0.29) is 17.7 Å². The molecule has 0 atom stereocenters. The molecule has 0 aliphatic heterocycles. The third-order valence-electron chi connectivity index (χ3n) is 3.59. The Morgan fingerprint density at radius 3 is 2.52 bits per heavy atom. The highest BCUT2D eigenvalue weighted by molar-refractivity contribution is 7.91. The van der Waals surface area contributed by atoms with Crippen LogP contribution in [-0.2, 0) is 20.4 Å². The van der Waals surface area contributed by atoms with E-state index in [1.54, 1.807) is 54.6 Å². The van der Waals surface area contributed by atoms with Crippen molar-refractivity contribution in [2.24, 2.45) is 0 Å². The largest absolute Gasteiger partial charge is 0.496 e. The minimum atomic E-state index is -3.63. The molecule has 0 saturated carbocycles. The molecule has 27 heavy (non-hydrogen) atoms. The topological polar surface area (TPSA) is 111 Å². The van der Waals surface area contributed by atoms with E-state index in [2.05, 4.69) is 15.5 Å². The molecule has 0 fully saturated rings. The van der Waals surface area contributed by atoms with Gasteiger partial charge in [-0.25, -0.2) is 8.42 Å². The maximum atomic E-state index is 12.2. The Hall–Kier alpha value is -3.20. The van der Waals surface area contributed by atoms with E-state index in [0.717, 1.165) is 0 Å². The first-order chi connectivity index (χ1) is 13.0. The summed E-state index contributed by atoms with van der Waals surface area (Å²) >= 11 is 0. The van der Waals surface area contributed by atoms with Crippen LogP contribution in [0, 0.1) is 0 Å². The van der Waals surface area contributed by atoms with Crippen molar-refractivity contribution in [3.63, 3.8) is 0 Å². The molecule has 1 N–H and O–H groups in total. The van der Waals surface area contributed by atoms with Gasteiger partial charge < -0.3 is 9.15 Å². The van der Waals surface area contributed by atoms with E-state index in [1.807, 2.05) is 0 Å². The standard InChI is InChI=1S/C18H17N3O5S/c1-25-15-10-6-5-9-14(15)17-20-21-18(26-17)19-16(22)12-27(23,24)11-13-7-3-2-4-8-13/h2-10H,11-12H2,1H3,(H,19,21,22). The highest BCUT2D eigenvalue weighted by atomic mass is 32.2. The van der Waals surface area contributed by atoms with Crippen LogP contribution >= 0.6 is 0 Å². The molecule has 140 valence electrons. The molecule has 0 unspecified atom stereocenters. The number of sulfone groups is 1. The number of methoxy groups -OCH3 is 1. The van der Waals surface area contributed by atoms with Crippen molar-refractivity contribution in [3.05, 3.63) is 60.2 Å².